The van der Waals surface area contributed by atoms with Crippen LogP contribution in [0.4, 0.5) is 0 Å². The molecule has 0 aliphatic heterocycles. The highest BCUT2D eigenvalue weighted by Crippen LogP contribution is 2.44. The summed E-state index contributed by atoms with van der Waals surface area (Å²) >= 11 is 0. The van der Waals surface area contributed by atoms with Gasteiger partial charge in [-0.3, -0.25) is 0 Å². The average Bonchev–Trinajstić information content (AvgIpc) is 3.15. The molecule has 0 saturated heterocycles. The Bertz CT molecular complexity index is 2730. The zero-order valence-electron chi connectivity index (χ0n) is 28.8. The number of hydrogen-bond donors (Lipinski definition) is 0. The minimum Gasteiger partial charge on any atom is -0.0622 e. The molecule has 0 spiro atoms. The molecule has 0 unspecified atom stereocenters. The van der Waals surface area contributed by atoms with Crippen molar-refractivity contribution in [3.63, 3.8) is 0 Å². The minimum absolute atomic E-state index is 0.200. The summed E-state index contributed by atoms with van der Waals surface area (Å²) in [7, 11) is 0. The number of hydrogen-bond acceptors (Lipinski definition) is 0. The van der Waals surface area contributed by atoms with Crippen molar-refractivity contribution < 1.29 is 6.85 Å². The van der Waals surface area contributed by atoms with Gasteiger partial charge in [0, 0.05) is 0 Å². The normalized spacial score (nSPS) is 13.2. The molecule has 0 aliphatic carbocycles. The molecule has 0 heteroatoms. The van der Waals surface area contributed by atoms with Crippen molar-refractivity contribution in [1.29, 1.82) is 0 Å². The molecule has 44 heavy (non-hydrogen) atoms. The Hall–Kier alpha value is -5.72. The smallest absolute Gasteiger partial charge is 0.0622 e. The van der Waals surface area contributed by atoms with Gasteiger partial charge in [0.2, 0.25) is 0 Å². The van der Waals surface area contributed by atoms with E-state index in [1.807, 2.05) is 36.4 Å². The predicted molar refractivity (Wildman–Crippen MR) is 190 cm³/mol. The Morgan fingerprint density at radius 1 is 0.341 bits per heavy atom. The molecule has 0 nitrogen and oxygen atoms in total. The maximum atomic E-state index is 8.82. The topological polar surface area (TPSA) is 0 Å². The van der Waals surface area contributed by atoms with E-state index in [0.717, 1.165) is 38.2 Å². The first kappa shape index (κ1) is 20.2. The summed E-state index contributed by atoms with van der Waals surface area (Å²) in [4.78, 5) is 0. The fourth-order valence-electron chi connectivity index (χ4n) is 7.02. The quantitative estimate of drug-likeness (QED) is 0.149. The Balaban J connectivity index is 1.27. The van der Waals surface area contributed by atoms with Crippen LogP contribution in [0, 0.1) is 0 Å². The first-order valence-electron chi connectivity index (χ1n) is 17.4. The molecule has 9 aromatic carbocycles. The molecule has 0 aliphatic rings. The van der Waals surface area contributed by atoms with E-state index in [-0.39, 0.29) is 29.7 Å². The summed E-state index contributed by atoms with van der Waals surface area (Å²) in [6.07, 6.45) is 0. The third-order valence-corrected chi connectivity index (χ3v) is 8.91. The van der Waals surface area contributed by atoms with E-state index in [1.165, 1.54) is 37.9 Å². The summed E-state index contributed by atoms with van der Waals surface area (Å²) in [5.74, 6) is 0. The van der Waals surface area contributed by atoms with Crippen molar-refractivity contribution in [2.75, 3.05) is 0 Å². The maximum Gasteiger partial charge on any atom is 0.0629 e. The molecule has 0 saturated carbocycles. The SMILES string of the molecule is [2H]c1c([2H])c([2H])c(-c2c3ccccc3c(-c3ccc(-c4cc5ccc6ccccc6c5c5ccccc45)cc3)c3ccccc23)c([2H])c1[2H]. The van der Waals surface area contributed by atoms with Gasteiger partial charge in [0.05, 0.1) is 6.85 Å². The monoisotopic (exact) mass is 561 g/mol. The van der Waals surface area contributed by atoms with Crippen LogP contribution in [-0.4, -0.2) is 0 Å². The average molecular weight is 562 g/mol. The second kappa shape index (κ2) is 9.93. The zero-order valence-corrected chi connectivity index (χ0v) is 23.8. The Morgan fingerprint density at radius 3 is 1.45 bits per heavy atom. The largest absolute Gasteiger partial charge is 0.0629 e. The molecule has 9 aromatic rings. The Labute approximate surface area is 263 Å². The van der Waals surface area contributed by atoms with Gasteiger partial charge in [-0.15, -0.1) is 0 Å². The van der Waals surface area contributed by atoms with E-state index >= 15 is 0 Å². The van der Waals surface area contributed by atoms with Gasteiger partial charge in [-0.1, -0.05) is 164 Å². The number of rotatable bonds is 3. The van der Waals surface area contributed by atoms with Crippen LogP contribution in [-0.2, 0) is 0 Å². The van der Waals surface area contributed by atoms with Gasteiger partial charge >= 0.3 is 0 Å². The molecule has 9 rings (SSSR count). The molecule has 0 heterocycles. The molecular formula is C44H28. The molecule has 0 amide bonds. The Morgan fingerprint density at radius 2 is 0.818 bits per heavy atom. The van der Waals surface area contributed by atoms with Gasteiger partial charge in [-0.05, 0) is 93.3 Å². The van der Waals surface area contributed by atoms with Gasteiger partial charge in [0.15, 0.2) is 0 Å². The second-order valence-electron chi connectivity index (χ2n) is 11.3. The highest BCUT2D eigenvalue weighted by Gasteiger charge is 2.17. The second-order valence-corrected chi connectivity index (χ2v) is 11.3. The van der Waals surface area contributed by atoms with E-state index in [0.29, 0.717) is 5.56 Å². The number of fused-ring (bicyclic) bond motifs is 7. The van der Waals surface area contributed by atoms with Crippen LogP contribution in [0.3, 0.4) is 0 Å². The minimum atomic E-state index is -0.392. The fourth-order valence-corrected chi connectivity index (χ4v) is 7.02. The molecule has 204 valence electrons. The predicted octanol–water partition coefficient (Wildman–Crippen LogP) is 12.5. The molecule has 0 N–H and O–H groups in total. The van der Waals surface area contributed by atoms with E-state index in [1.54, 1.807) is 0 Å². The molecule has 0 fully saturated rings. The van der Waals surface area contributed by atoms with Crippen LogP contribution < -0.4 is 0 Å². The first-order chi connectivity index (χ1) is 23.9. The summed E-state index contributed by atoms with van der Waals surface area (Å²) in [6, 6.07) is 47.2. The fraction of sp³-hybridized carbons (Fsp3) is 0. The Kier molecular flexibility index (Phi) is 4.57. The third kappa shape index (κ3) is 3.78. The van der Waals surface area contributed by atoms with Crippen LogP contribution in [0.15, 0.2) is 170 Å². The molecular weight excluding hydrogens is 528 g/mol. The summed E-state index contributed by atoms with van der Waals surface area (Å²) < 4.78 is 42.6. The van der Waals surface area contributed by atoms with E-state index < -0.39 is 6.04 Å². The molecule has 0 bridgehead atoms. The van der Waals surface area contributed by atoms with Gasteiger partial charge in [0.25, 0.3) is 0 Å². The van der Waals surface area contributed by atoms with Crippen molar-refractivity contribution in [1.82, 2.24) is 0 Å². The van der Waals surface area contributed by atoms with E-state index in [4.69, 9.17) is 6.85 Å². The van der Waals surface area contributed by atoms with Crippen LogP contribution in [0.25, 0.3) is 87.2 Å². The van der Waals surface area contributed by atoms with Crippen molar-refractivity contribution in [3.8, 4) is 33.4 Å². The first-order valence-corrected chi connectivity index (χ1v) is 14.9. The number of benzene rings is 9. The van der Waals surface area contributed by atoms with Gasteiger partial charge in [-0.25, -0.2) is 0 Å². The molecule has 0 radical (unpaired) electrons. The van der Waals surface area contributed by atoms with Crippen molar-refractivity contribution in [2.24, 2.45) is 0 Å². The summed E-state index contributed by atoms with van der Waals surface area (Å²) in [5, 5.41) is 11.0. The zero-order chi connectivity index (χ0) is 33.4. The van der Waals surface area contributed by atoms with Crippen LogP contribution in [0.5, 0.6) is 0 Å². The van der Waals surface area contributed by atoms with Crippen LogP contribution >= 0.6 is 0 Å². The lowest BCUT2D eigenvalue weighted by molar-refractivity contribution is 1.64. The lowest BCUT2D eigenvalue weighted by Crippen LogP contribution is -1.91. The van der Waals surface area contributed by atoms with Gasteiger partial charge in [-0.2, -0.15) is 0 Å². The van der Waals surface area contributed by atoms with E-state index in [9.17, 15) is 0 Å². The van der Waals surface area contributed by atoms with Crippen molar-refractivity contribution >= 4 is 53.9 Å². The molecule has 0 aromatic heterocycles. The standard InChI is InChI=1S/C44H28/c1-2-13-31(14-3-1)42-37-18-8-10-20-39(37)43(40-21-11-9-19-38(40)42)32-25-22-30(23-26-32)41-28-33-27-24-29-12-4-5-15-34(29)44(33)36-17-7-6-16-35(36)41/h1-28H/i1D,2D,3D,13D,14D. The van der Waals surface area contributed by atoms with Crippen LogP contribution in [0.1, 0.15) is 6.85 Å². The maximum absolute atomic E-state index is 8.82. The highest BCUT2D eigenvalue weighted by molar-refractivity contribution is 6.24. The lowest BCUT2D eigenvalue weighted by atomic mass is 9.85. The third-order valence-electron chi connectivity index (χ3n) is 8.91. The summed E-state index contributed by atoms with van der Waals surface area (Å²) in [6.45, 7) is 0. The van der Waals surface area contributed by atoms with E-state index in [2.05, 4.69) is 103 Å². The van der Waals surface area contributed by atoms with Crippen LogP contribution in [0.2, 0.25) is 0 Å². The van der Waals surface area contributed by atoms with Gasteiger partial charge in [0.1, 0.15) is 0 Å². The summed E-state index contributed by atoms with van der Waals surface area (Å²) in [5.41, 5.74) is 5.26. The van der Waals surface area contributed by atoms with Crippen molar-refractivity contribution in [2.45, 2.75) is 0 Å². The highest BCUT2D eigenvalue weighted by atomic mass is 14.2. The van der Waals surface area contributed by atoms with Gasteiger partial charge < -0.3 is 0 Å². The molecule has 0 atom stereocenters. The van der Waals surface area contributed by atoms with Crippen molar-refractivity contribution in [3.05, 3.63) is 170 Å². The lowest BCUT2D eigenvalue weighted by Gasteiger charge is -2.18.